The van der Waals surface area contributed by atoms with E-state index < -0.39 is 0 Å². The number of ether oxygens (including phenoxy) is 1. The lowest BCUT2D eigenvalue weighted by molar-refractivity contribution is -0.122. The molecule has 5 nitrogen and oxygen atoms in total. The predicted octanol–water partition coefficient (Wildman–Crippen LogP) is 4.37. The second-order valence-corrected chi connectivity index (χ2v) is 7.61. The molecule has 0 spiro atoms. The molecular formula is C23H27N3O2. The highest BCUT2D eigenvalue weighted by Crippen LogP contribution is 2.20. The number of aromatic nitrogens is 2. The molecule has 5 heteroatoms. The average molecular weight is 377 g/mol. The molecule has 4 rings (SSSR count). The number of fused-ring (bicyclic) bond motifs is 1. The van der Waals surface area contributed by atoms with Crippen LogP contribution in [0.5, 0.6) is 5.75 Å². The van der Waals surface area contributed by atoms with Gasteiger partial charge in [-0.1, -0.05) is 43.5 Å². The van der Waals surface area contributed by atoms with Crippen LogP contribution in [0.3, 0.4) is 0 Å². The third kappa shape index (κ3) is 4.35. The Labute approximate surface area is 165 Å². The van der Waals surface area contributed by atoms with Crippen LogP contribution in [0, 0.1) is 6.92 Å². The van der Waals surface area contributed by atoms with Crippen LogP contribution in [0.2, 0.25) is 0 Å². The summed E-state index contributed by atoms with van der Waals surface area (Å²) in [6.07, 6.45) is 5.85. The van der Waals surface area contributed by atoms with E-state index in [1.165, 1.54) is 19.3 Å². The average Bonchev–Trinajstić information content (AvgIpc) is 3.05. The molecule has 0 radical (unpaired) electrons. The van der Waals surface area contributed by atoms with Gasteiger partial charge in [0.1, 0.15) is 24.7 Å². The van der Waals surface area contributed by atoms with E-state index in [1.54, 1.807) is 0 Å². The number of nitrogens with one attached hydrogen (secondary N) is 1. The summed E-state index contributed by atoms with van der Waals surface area (Å²) >= 11 is 0. The van der Waals surface area contributed by atoms with Crippen LogP contribution < -0.4 is 10.1 Å². The van der Waals surface area contributed by atoms with Gasteiger partial charge in [0.2, 0.25) is 5.91 Å². The minimum Gasteiger partial charge on any atom is -0.486 e. The molecule has 1 aromatic heterocycles. The molecule has 0 bridgehead atoms. The number of para-hydroxylation sites is 2. The van der Waals surface area contributed by atoms with Crippen LogP contribution in [0.15, 0.2) is 48.5 Å². The van der Waals surface area contributed by atoms with E-state index in [-0.39, 0.29) is 12.5 Å². The van der Waals surface area contributed by atoms with Crippen LogP contribution in [0.1, 0.15) is 43.5 Å². The van der Waals surface area contributed by atoms with Crippen molar-refractivity contribution in [3.63, 3.8) is 0 Å². The van der Waals surface area contributed by atoms with Gasteiger partial charge >= 0.3 is 0 Å². The Morgan fingerprint density at radius 2 is 1.96 bits per heavy atom. The van der Waals surface area contributed by atoms with Gasteiger partial charge in [-0.25, -0.2) is 4.98 Å². The van der Waals surface area contributed by atoms with Crippen molar-refractivity contribution in [1.82, 2.24) is 14.9 Å². The fraction of sp³-hybridized carbons (Fsp3) is 0.391. The zero-order valence-corrected chi connectivity index (χ0v) is 16.4. The molecule has 1 heterocycles. The molecule has 2 aromatic carbocycles. The molecular weight excluding hydrogens is 350 g/mol. The predicted molar refractivity (Wildman–Crippen MR) is 110 cm³/mol. The lowest BCUT2D eigenvalue weighted by atomic mass is 9.95. The highest BCUT2D eigenvalue weighted by atomic mass is 16.5. The molecule has 1 aliphatic carbocycles. The summed E-state index contributed by atoms with van der Waals surface area (Å²) in [5.74, 6) is 1.62. The van der Waals surface area contributed by atoms with Crippen molar-refractivity contribution in [2.45, 2.75) is 58.2 Å². The normalized spacial score (nSPS) is 14.9. The topological polar surface area (TPSA) is 56.2 Å². The summed E-state index contributed by atoms with van der Waals surface area (Å²) in [5, 5.41) is 3.20. The van der Waals surface area contributed by atoms with Crippen molar-refractivity contribution < 1.29 is 9.53 Å². The Morgan fingerprint density at radius 3 is 2.79 bits per heavy atom. The van der Waals surface area contributed by atoms with E-state index in [1.807, 2.05) is 60.0 Å². The second kappa shape index (κ2) is 8.46. The maximum Gasteiger partial charge on any atom is 0.240 e. The fourth-order valence-electron chi connectivity index (χ4n) is 3.93. The van der Waals surface area contributed by atoms with E-state index in [4.69, 9.17) is 9.72 Å². The van der Waals surface area contributed by atoms with Gasteiger partial charge in [0.25, 0.3) is 0 Å². The van der Waals surface area contributed by atoms with Crippen LogP contribution in [0.4, 0.5) is 0 Å². The molecule has 1 fully saturated rings. The molecule has 0 saturated heterocycles. The Morgan fingerprint density at radius 1 is 1.14 bits per heavy atom. The summed E-state index contributed by atoms with van der Waals surface area (Å²) in [7, 11) is 0. The van der Waals surface area contributed by atoms with Crippen molar-refractivity contribution in [2.24, 2.45) is 0 Å². The maximum atomic E-state index is 12.7. The standard InChI is InChI=1S/C23H27N3O2/c1-17-8-7-11-19(14-17)28-16-22-25-20-12-5-6-13-21(20)26(22)15-23(27)24-18-9-3-2-4-10-18/h5-8,11-14,18H,2-4,9-10,15-16H2,1H3,(H,24,27). The van der Waals surface area contributed by atoms with E-state index in [0.29, 0.717) is 12.6 Å². The highest BCUT2D eigenvalue weighted by Gasteiger charge is 2.18. The summed E-state index contributed by atoms with van der Waals surface area (Å²) < 4.78 is 7.94. The van der Waals surface area contributed by atoms with Crippen molar-refractivity contribution in [3.05, 3.63) is 59.9 Å². The number of amides is 1. The van der Waals surface area contributed by atoms with Gasteiger partial charge in [-0.15, -0.1) is 0 Å². The fourth-order valence-corrected chi connectivity index (χ4v) is 3.93. The number of imidazole rings is 1. The third-order valence-corrected chi connectivity index (χ3v) is 5.36. The quantitative estimate of drug-likeness (QED) is 0.694. The first-order chi connectivity index (χ1) is 13.7. The molecule has 0 unspecified atom stereocenters. The summed E-state index contributed by atoms with van der Waals surface area (Å²) in [5.41, 5.74) is 3.00. The van der Waals surface area contributed by atoms with Crippen molar-refractivity contribution in [2.75, 3.05) is 0 Å². The zero-order valence-electron chi connectivity index (χ0n) is 16.4. The number of aryl methyl sites for hydroxylation is 1. The van der Waals surface area contributed by atoms with Crippen LogP contribution in [0.25, 0.3) is 11.0 Å². The Bertz CT molecular complexity index is 957. The van der Waals surface area contributed by atoms with Crippen molar-refractivity contribution in [1.29, 1.82) is 0 Å². The number of hydrogen-bond acceptors (Lipinski definition) is 3. The maximum absolute atomic E-state index is 12.7. The SMILES string of the molecule is Cc1cccc(OCc2nc3ccccc3n2CC(=O)NC2CCCCC2)c1. The smallest absolute Gasteiger partial charge is 0.240 e. The second-order valence-electron chi connectivity index (χ2n) is 7.61. The van der Waals surface area contributed by atoms with Gasteiger partial charge in [0.05, 0.1) is 11.0 Å². The lowest BCUT2D eigenvalue weighted by Crippen LogP contribution is -2.38. The number of nitrogens with zero attached hydrogens (tertiary/aromatic N) is 2. The molecule has 28 heavy (non-hydrogen) atoms. The summed E-state index contributed by atoms with van der Waals surface area (Å²) in [6.45, 7) is 2.63. The largest absolute Gasteiger partial charge is 0.486 e. The minimum absolute atomic E-state index is 0.0480. The number of carbonyl (C=O) groups is 1. The van der Waals surface area contributed by atoms with E-state index in [0.717, 1.165) is 41.0 Å². The third-order valence-electron chi connectivity index (χ3n) is 5.36. The number of rotatable bonds is 6. The van der Waals surface area contributed by atoms with Gasteiger partial charge in [-0.05, 0) is 49.6 Å². The van der Waals surface area contributed by atoms with Crippen LogP contribution in [-0.4, -0.2) is 21.5 Å². The van der Waals surface area contributed by atoms with Gasteiger partial charge in [-0.3, -0.25) is 4.79 Å². The molecule has 0 aliphatic heterocycles. The molecule has 3 aromatic rings. The first kappa shape index (κ1) is 18.5. The molecule has 146 valence electrons. The Kier molecular flexibility index (Phi) is 5.60. The molecule has 0 atom stereocenters. The molecule has 1 aliphatic rings. The van der Waals surface area contributed by atoms with Gasteiger partial charge in [0, 0.05) is 6.04 Å². The Hall–Kier alpha value is -2.82. The van der Waals surface area contributed by atoms with E-state index in [2.05, 4.69) is 5.32 Å². The molecule has 1 N–H and O–H groups in total. The molecule has 1 saturated carbocycles. The van der Waals surface area contributed by atoms with Crippen LogP contribution >= 0.6 is 0 Å². The van der Waals surface area contributed by atoms with Gasteiger partial charge in [-0.2, -0.15) is 0 Å². The van der Waals surface area contributed by atoms with Crippen LogP contribution in [-0.2, 0) is 17.9 Å². The first-order valence-corrected chi connectivity index (χ1v) is 10.1. The summed E-state index contributed by atoms with van der Waals surface area (Å²) in [4.78, 5) is 17.4. The van der Waals surface area contributed by atoms with E-state index in [9.17, 15) is 4.79 Å². The molecule has 1 amide bonds. The lowest BCUT2D eigenvalue weighted by Gasteiger charge is -2.23. The summed E-state index contributed by atoms with van der Waals surface area (Å²) in [6, 6.07) is 16.2. The van der Waals surface area contributed by atoms with Crippen molar-refractivity contribution in [3.8, 4) is 5.75 Å². The number of benzene rings is 2. The zero-order chi connectivity index (χ0) is 19.3. The Balaban J connectivity index is 1.52. The van der Waals surface area contributed by atoms with Gasteiger partial charge in [0.15, 0.2) is 0 Å². The highest BCUT2D eigenvalue weighted by molar-refractivity contribution is 5.81. The van der Waals surface area contributed by atoms with Crippen molar-refractivity contribution >= 4 is 16.9 Å². The van der Waals surface area contributed by atoms with E-state index >= 15 is 0 Å². The minimum atomic E-state index is 0.0480. The monoisotopic (exact) mass is 377 g/mol. The first-order valence-electron chi connectivity index (χ1n) is 10.1. The van der Waals surface area contributed by atoms with Gasteiger partial charge < -0.3 is 14.6 Å². The number of hydrogen-bond donors (Lipinski definition) is 1. The number of carbonyl (C=O) groups excluding carboxylic acids is 1.